The van der Waals surface area contributed by atoms with Crippen LogP contribution in [0.2, 0.25) is 0 Å². The molecule has 1 rings (SSSR count). The monoisotopic (exact) mass is 246 g/mol. The maximum absolute atomic E-state index is 11.9. The van der Waals surface area contributed by atoms with Crippen molar-refractivity contribution in [3.05, 3.63) is 0 Å². The van der Waals surface area contributed by atoms with Crippen LogP contribution in [0.25, 0.3) is 0 Å². The van der Waals surface area contributed by atoms with E-state index in [9.17, 15) is 4.79 Å². The molecule has 94 valence electrons. The van der Waals surface area contributed by atoms with E-state index in [-0.39, 0.29) is 5.91 Å². The Morgan fingerprint density at radius 1 is 1.38 bits per heavy atom. The highest BCUT2D eigenvalue weighted by atomic mass is 32.1. The summed E-state index contributed by atoms with van der Waals surface area (Å²) in [6, 6.07) is 0.443. The van der Waals surface area contributed by atoms with Crippen molar-refractivity contribution in [3.63, 3.8) is 0 Å². The lowest BCUT2D eigenvalue weighted by atomic mass is 10.1. The number of likely N-dealkylation sites (N-methyl/N-ethyl adjacent to an activating group) is 1. The number of piperidine rings is 1. The van der Waals surface area contributed by atoms with Gasteiger partial charge < -0.3 is 4.90 Å². The molecule has 6 heteroatoms. The van der Waals surface area contributed by atoms with Gasteiger partial charge in [0.1, 0.15) is 0 Å². The van der Waals surface area contributed by atoms with E-state index in [4.69, 9.17) is 0 Å². The summed E-state index contributed by atoms with van der Waals surface area (Å²) in [6.45, 7) is 2.11. The summed E-state index contributed by atoms with van der Waals surface area (Å²) < 4.78 is 2.96. The predicted molar refractivity (Wildman–Crippen MR) is 68.0 cm³/mol. The highest BCUT2D eigenvalue weighted by Crippen LogP contribution is 2.11. The fourth-order valence-corrected chi connectivity index (χ4v) is 1.95. The van der Waals surface area contributed by atoms with Crippen molar-refractivity contribution in [1.29, 1.82) is 0 Å². The number of amides is 1. The molecule has 1 fully saturated rings. The molecule has 0 atom stereocenters. The zero-order valence-corrected chi connectivity index (χ0v) is 11.2. The molecule has 1 heterocycles. The minimum atomic E-state index is 0.203. The third-order valence-corrected chi connectivity index (χ3v) is 3.44. The van der Waals surface area contributed by atoms with Crippen LogP contribution >= 0.6 is 12.8 Å². The molecule has 0 aromatic carbocycles. The van der Waals surface area contributed by atoms with Crippen molar-refractivity contribution in [2.75, 3.05) is 40.8 Å². The van der Waals surface area contributed by atoms with Crippen LogP contribution in [0, 0.1) is 0 Å². The van der Waals surface area contributed by atoms with Gasteiger partial charge in [0.15, 0.2) is 0 Å². The minimum Gasteiger partial charge on any atom is -0.341 e. The summed E-state index contributed by atoms with van der Waals surface area (Å²) in [7, 11) is 5.79. The van der Waals surface area contributed by atoms with Crippen molar-refractivity contribution >= 4 is 18.7 Å². The van der Waals surface area contributed by atoms with Crippen molar-refractivity contribution in [2.45, 2.75) is 18.9 Å². The fraction of sp³-hybridized carbons (Fsp3) is 0.900. The van der Waals surface area contributed by atoms with Gasteiger partial charge in [0, 0.05) is 40.3 Å². The third kappa shape index (κ3) is 3.93. The molecule has 1 aliphatic rings. The predicted octanol–water partition coefficient (Wildman–Crippen LogP) is -0.180. The van der Waals surface area contributed by atoms with Gasteiger partial charge in [0.25, 0.3) is 0 Å². The van der Waals surface area contributed by atoms with E-state index in [1.54, 1.807) is 0 Å². The first-order chi connectivity index (χ1) is 7.54. The van der Waals surface area contributed by atoms with Crippen LogP contribution in [-0.2, 0) is 4.79 Å². The molecule has 0 saturated carbocycles. The Morgan fingerprint density at radius 2 is 1.94 bits per heavy atom. The zero-order valence-electron chi connectivity index (χ0n) is 10.3. The maximum atomic E-state index is 11.9. The fourth-order valence-electron chi connectivity index (χ4n) is 1.70. The third-order valence-electron chi connectivity index (χ3n) is 3.08. The van der Waals surface area contributed by atoms with Crippen LogP contribution < -0.4 is 4.72 Å². The van der Waals surface area contributed by atoms with Crippen LogP contribution in [0.15, 0.2) is 0 Å². The number of nitrogens with zero attached hydrogens (tertiary/aromatic N) is 3. The molecule has 0 radical (unpaired) electrons. The Labute approximate surface area is 103 Å². The molecule has 0 aromatic heterocycles. The molecular formula is C10H22N4OS. The Bertz CT molecular complexity index is 229. The summed E-state index contributed by atoms with van der Waals surface area (Å²) in [6.07, 6.45) is 1.97. The van der Waals surface area contributed by atoms with E-state index >= 15 is 0 Å². The molecule has 0 unspecified atom stereocenters. The number of nitrogens with one attached hydrogen (secondary N) is 1. The van der Waals surface area contributed by atoms with Crippen molar-refractivity contribution in [2.24, 2.45) is 0 Å². The van der Waals surface area contributed by atoms with Crippen LogP contribution in [0.3, 0.4) is 0 Å². The molecule has 0 aliphatic carbocycles. The first-order valence-corrected chi connectivity index (χ1v) is 6.05. The Morgan fingerprint density at radius 3 is 2.38 bits per heavy atom. The summed E-state index contributed by atoms with van der Waals surface area (Å²) >= 11 is 4.06. The van der Waals surface area contributed by atoms with E-state index in [1.165, 1.54) is 0 Å². The summed E-state index contributed by atoms with van der Waals surface area (Å²) in [5.74, 6) is 0.203. The Kier molecular flexibility index (Phi) is 5.54. The lowest BCUT2D eigenvalue weighted by Gasteiger charge is -2.33. The number of likely N-dealkylation sites (tertiary alicyclic amines) is 1. The number of thiol groups is 1. The van der Waals surface area contributed by atoms with E-state index in [0.29, 0.717) is 12.6 Å². The van der Waals surface area contributed by atoms with Crippen LogP contribution in [0.4, 0.5) is 0 Å². The van der Waals surface area contributed by atoms with E-state index in [0.717, 1.165) is 25.9 Å². The molecule has 1 amide bonds. The zero-order chi connectivity index (χ0) is 12.1. The molecule has 5 nitrogen and oxygen atoms in total. The van der Waals surface area contributed by atoms with Gasteiger partial charge in [0.2, 0.25) is 5.91 Å². The summed E-state index contributed by atoms with van der Waals surface area (Å²) in [5.41, 5.74) is 0. The second-order valence-electron chi connectivity index (χ2n) is 4.45. The van der Waals surface area contributed by atoms with Crippen LogP contribution in [0.5, 0.6) is 0 Å². The van der Waals surface area contributed by atoms with Gasteiger partial charge >= 0.3 is 0 Å². The SMILES string of the molecule is CN(C)N(C)CC(=O)N1CCC(NS)CC1. The van der Waals surface area contributed by atoms with Gasteiger partial charge in [-0.15, -0.1) is 0 Å². The normalized spacial score (nSPS) is 18.5. The molecule has 1 N–H and O–H groups in total. The molecule has 0 aromatic rings. The number of carbonyl (C=O) groups is 1. The van der Waals surface area contributed by atoms with Crippen LogP contribution in [-0.4, -0.2) is 67.6 Å². The van der Waals surface area contributed by atoms with Crippen molar-refractivity contribution in [3.8, 4) is 0 Å². The highest BCUT2D eigenvalue weighted by molar-refractivity contribution is 7.78. The van der Waals surface area contributed by atoms with E-state index in [2.05, 4.69) is 17.5 Å². The average molecular weight is 246 g/mol. The van der Waals surface area contributed by atoms with Crippen molar-refractivity contribution < 1.29 is 4.79 Å². The second kappa shape index (κ2) is 6.44. The number of hydrogen-bond acceptors (Lipinski definition) is 5. The number of rotatable bonds is 4. The summed E-state index contributed by atoms with van der Waals surface area (Å²) in [5, 5.41) is 3.82. The Balaban J connectivity index is 2.33. The molecule has 16 heavy (non-hydrogen) atoms. The highest BCUT2D eigenvalue weighted by Gasteiger charge is 2.22. The van der Waals surface area contributed by atoms with Gasteiger partial charge in [-0.3, -0.25) is 9.52 Å². The van der Waals surface area contributed by atoms with Gasteiger partial charge in [-0.05, 0) is 12.8 Å². The molecule has 1 saturated heterocycles. The van der Waals surface area contributed by atoms with Gasteiger partial charge in [-0.25, -0.2) is 10.0 Å². The molecule has 1 aliphatic heterocycles. The van der Waals surface area contributed by atoms with E-state index in [1.807, 2.05) is 36.1 Å². The quantitative estimate of drug-likeness (QED) is 0.533. The Hall–Kier alpha value is -0.300. The average Bonchev–Trinajstić information content (AvgIpc) is 2.28. The van der Waals surface area contributed by atoms with Gasteiger partial charge in [-0.2, -0.15) is 0 Å². The second-order valence-corrected chi connectivity index (χ2v) is 4.71. The molecular weight excluding hydrogens is 224 g/mol. The van der Waals surface area contributed by atoms with Crippen molar-refractivity contribution in [1.82, 2.24) is 19.6 Å². The van der Waals surface area contributed by atoms with Gasteiger partial charge in [0.05, 0.1) is 6.54 Å². The number of carbonyl (C=O) groups excluding carboxylic acids is 1. The smallest absolute Gasteiger partial charge is 0.238 e. The molecule has 0 bridgehead atoms. The maximum Gasteiger partial charge on any atom is 0.238 e. The number of hydrogen-bond donors (Lipinski definition) is 2. The molecule has 0 spiro atoms. The van der Waals surface area contributed by atoms with Crippen LogP contribution in [0.1, 0.15) is 12.8 Å². The summed E-state index contributed by atoms with van der Waals surface area (Å²) in [4.78, 5) is 13.9. The first-order valence-electron chi connectivity index (χ1n) is 5.60. The van der Waals surface area contributed by atoms with Gasteiger partial charge in [-0.1, -0.05) is 12.8 Å². The standard InChI is InChI=1S/C10H22N4OS/c1-12(2)13(3)8-10(15)14-6-4-9(11-16)5-7-14/h9,11,16H,4-8H2,1-3H3. The lowest BCUT2D eigenvalue weighted by molar-refractivity contribution is -0.136. The lowest BCUT2D eigenvalue weighted by Crippen LogP contribution is -2.48. The minimum absolute atomic E-state index is 0.203. The van der Waals surface area contributed by atoms with E-state index < -0.39 is 0 Å². The largest absolute Gasteiger partial charge is 0.341 e. The topological polar surface area (TPSA) is 38.8 Å². The number of hydrazine groups is 1. The first kappa shape index (κ1) is 13.8.